The number of nitrogens with zero attached hydrogens (tertiary/aromatic N) is 3. The van der Waals surface area contributed by atoms with Crippen molar-refractivity contribution in [2.45, 2.75) is 37.2 Å². The molecule has 2 heterocycles. The molecule has 0 saturated heterocycles. The molecule has 0 aliphatic rings. The largest absolute Gasteiger partial charge is 0.497 e. The van der Waals surface area contributed by atoms with Crippen LogP contribution in [0.2, 0.25) is 0 Å². The zero-order chi connectivity index (χ0) is 19.9. The first-order chi connectivity index (χ1) is 13.6. The van der Waals surface area contributed by atoms with Crippen LogP contribution >= 0.6 is 11.8 Å². The van der Waals surface area contributed by atoms with Crippen molar-refractivity contribution in [3.05, 3.63) is 48.4 Å². The Balaban J connectivity index is 1.91. The Labute approximate surface area is 168 Å². The van der Waals surface area contributed by atoms with Gasteiger partial charge < -0.3 is 14.5 Å². The van der Waals surface area contributed by atoms with Gasteiger partial charge in [-0.2, -0.15) is 0 Å². The van der Waals surface area contributed by atoms with Gasteiger partial charge in [-0.15, -0.1) is 10.2 Å². The highest BCUT2D eigenvalue weighted by Crippen LogP contribution is 2.29. The van der Waals surface area contributed by atoms with Gasteiger partial charge in [-0.25, -0.2) is 0 Å². The van der Waals surface area contributed by atoms with Crippen LogP contribution in [0.25, 0.3) is 11.4 Å². The van der Waals surface area contributed by atoms with Crippen molar-refractivity contribution in [2.75, 3.05) is 13.7 Å². The van der Waals surface area contributed by atoms with Crippen LogP contribution in [0.1, 0.15) is 26.0 Å². The van der Waals surface area contributed by atoms with Gasteiger partial charge in [0.25, 0.3) is 0 Å². The molecule has 0 unspecified atom stereocenters. The van der Waals surface area contributed by atoms with E-state index in [2.05, 4.69) is 15.5 Å². The average molecular weight is 401 g/mol. The Morgan fingerprint density at radius 2 is 2.18 bits per heavy atom. The third-order valence-corrected chi connectivity index (χ3v) is 5.22. The molecule has 1 aromatic carbocycles. The van der Waals surface area contributed by atoms with Gasteiger partial charge in [0.05, 0.1) is 25.2 Å². The number of amides is 1. The standard InChI is InChI=1S/C20H24N4O3S/c1-4-10-21-19(25)14(2)28-20-23-22-18(15-7-5-8-16(12-15)26-3)24(20)13-17-9-6-11-27-17/h5-9,11-12,14H,4,10,13H2,1-3H3,(H,21,25)/t14-/m1/s1. The molecule has 0 spiro atoms. The van der Waals surface area contributed by atoms with Crippen LogP contribution in [-0.4, -0.2) is 39.6 Å². The lowest BCUT2D eigenvalue weighted by molar-refractivity contribution is -0.120. The van der Waals surface area contributed by atoms with Crippen molar-refractivity contribution in [2.24, 2.45) is 0 Å². The average Bonchev–Trinajstić information content (AvgIpc) is 3.37. The summed E-state index contributed by atoms with van der Waals surface area (Å²) < 4.78 is 12.8. The summed E-state index contributed by atoms with van der Waals surface area (Å²) in [5, 5.41) is 12.0. The number of aromatic nitrogens is 3. The number of carbonyl (C=O) groups is 1. The highest BCUT2D eigenvalue weighted by molar-refractivity contribution is 8.00. The summed E-state index contributed by atoms with van der Waals surface area (Å²) in [5.41, 5.74) is 0.883. The lowest BCUT2D eigenvalue weighted by Crippen LogP contribution is -2.31. The first-order valence-electron chi connectivity index (χ1n) is 9.16. The normalized spacial score (nSPS) is 12.0. The maximum atomic E-state index is 12.3. The molecule has 2 aromatic heterocycles. The Morgan fingerprint density at radius 1 is 1.32 bits per heavy atom. The minimum atomic E-state index is -0.288. The maximum absolute atomic E-state index is 12.3. The van der Waals surface area contributed by atoms with Gasteiger partial charge in [0.15, 0.2) is 11.0 Å². The van der Waals surface area contributed by atoms with Gasteiger partial charge in [-0.1, -0.05) is 30.8 Å². The molecule has 1 N–H and O–H groups in total. The van der Waals surface area contributed by atoms with E-state index in [1.165, 1.54) is 11.8 Å². The Morgan fingerprint density at radius 3 is 2.89 bits per heavy atom. The van der Waals surface area contributed by atoms with E-state index in [1.807, 2.05) is 54.8 Å². The summed E-state index contributed by atoms with van der Waals surface area (Å²) in [5.74, 6) is 2.21. The van der Waals surface area contributed by atoms with Crippen LogP contribution in [0.5, 0.6) is 5.75 Å². The molecule has 1 atom stereocenters. The molecule has 3 rings (SSSR count). The van der Waals surface area contributed by atoms with Gasteiger partial charge in [-0.05, 0) is 37.6 Å². The fourth-order valence-corrected chi connectivity index (χ4v) is 3.53. The number of benzene rings is 1. The topological polar surface area (TPSA) is 82.2 Å². The lowest BCUT2D eigenvalue weighted by atomic mass is 10.2. The first kappa shape index (κ1) is 20.0. The van der Waals surface area contributed by atoms with Crippen molar-refractivity contribution in [1.29, 1.82) is 0 Å². The summed E-state index contributed by atoms with van der Waals surface area (Å²) in [7, 11) is 1.63. The van der Waals surface area contributed by atoms with Crippen LogP contribution < -0.4 is 10.1 Å². The molecular weight excluding hydrogens is 376 g/mol. The van der Waals surface area contributed by atoms with Crippen LogP contribution in [0.4, 0.5) is 0 Å². The van der Waals surface area contributed by atoms with Gasteiger partial charge in [-0.3, -0.25) is 9.36 Å². The van der Waals surface area contributed by atoms with E-state index in [0.29, 0.717) is 24.1 Å². The van der Waals surface area contributed by atoms with Gasteiger partial charge in [0.1, 0.15) is 11.5 Å². The predicted octanol–water partition coefficient (Wildman–Crippen LogP) is 3.60. The smallest absolute Gasteiger partial charge is 0.233 e. The SMILES string of the molecule is CCCNC(=O)[C@@H](C)Sc1nnc(-c2cccc(OC)c2)n1Cc1ccco1. The molecule has 0 bridgehead atoms. The number of methoxy groups -OCH3 is 1. The molecule has 7 nitrogen and oxygen atoms in total. The third-order valence-electron chi connectivity index (χ3n) is 4.14. The molecule has 3 aromatic rings. The number of ether oxygens (including phenoxy) is 1. The second-order valence-electron chi connectivity index (χ2n) is 6.25. The number of thioether (sulfide) groups is 1. The molecule has 0 aliphatic carbocycles. The Kier molecular flexibility index (Phi) is 6.76. The van der Waals surface area contributed by atoms with E-state index in [9.17, 15) is 4.79 Å². The monoisotopic (exact) mass is 400 g/mol. The van der Waals surface area contributed by atoms with E-state index < -0.39 is 0 Å². The van der Waals surface area contributed by atoms with Gasteiger partial charge >= 0.3 is 0 Å². The number of nitrogens with one attached hydrogen (secondary N) is 1. The maximum Gasteiger partial charge on any atom is 0.233 e. The van der Waals surface area contributed by atoms with Crippen molar-refractivity contribution in [3.8, 4) is 17.1 Å². The summed E-state index contributed by atoms with van der Waals surface area (Å²) in [6.45, 7) is 5.03. The lowest BCUT2D eigenvalue weighted by Gasteiger charge is -2.13. The third kappa shape index (κ3) is 4.75. The minimum Gasteiger partial charge on any atom is -0.497 e. The Bertz CT molecular complexity index is 908. The van der Waals surface area contributed by atoms with Crippen molar-refractivity contribution < 1.29 is 13.9 Å². The van der Waals surface area contributed by atoms with Crippen molar-refractivity contribution >= 4 is 17.7 Å². The van der Waals surface area contributed by atoms with Crippen molar-refractivity contribution in [1.82, 2.24) is 20.1 Å². The number of hydrogen-bond donors (Lipinski definition) is 1. The zero-order valence-corrected chi connectivity index (χ0v) is 17.0. The van der Waals surface area contributed by atoms with Crippen molar-refractivity contribution in [3.63, 3.8) is 0 Å². The van der Waals surface area contributed by atoms with E-state index in [1.54, 1.807) is 13.4 Å². The van der Waals surface area contributed by atoms with E-state index in [0.717, 1.165) is 23.5 Å². The first-order valence-corrected chi connectivity index (χ1v) is 10.0. The number of furan rings is 1. The predicted molar refractivity (Wildman–Crippen MR) is 108 cm³/mol. The molecule has 0 fully saturated rings. The molecular formula is C20H24N4O3S. The Hall–Kier alpha value is -2.74. The molecule has 1 amide bonds. The molecule has 0 radical (unpaired) electrons. The summed E-state index contributed by atoms with van der Waals surface area (Å²) in [6.07, 6.45) is 2.54. The molecule has 148 valence electrons. The van der Waals surface area contributed by atoms with E-state index in [4.69, 9.17) is 9.15 Å². The summed E-state index contributed by atoms with van der Waals surface area (Å²) in [4.78, 5) is 12.3. The van der Waals surface area contributed by atoms with Crippen LogP contribution in [0.3, 0.4) is 0 Å². The van der Waals surface area contributed by atoms with E-state index >= 15 is 0 Å². The van der Waals surface area contributed by atoms with Crippen LogP contribution in [0.15, 0.2) is 52.2 Å². The number of hydrogen-bond acceptors (Lipinski definition) is 6. The number of rotatable bonds is 9. The molecule has 0 aliphatic heterocycles. The molecule has 28 heavy (non-hydrogen) atoms. The highest BCUT2D eigenvalue weighted by atomic mass is 32.2. The summed E-state index contributed by atoms with van der Waals surface area (Å²) in [6, 6.07) is 11.4. The van der Waals surface area contributed by atoms with E-state index in [-0.39, 0.29) is 11.2 Å². The minimum absolute atomic E-state index is 0.0117. The fourth-order valence-electron chi connectivity index (χ4n) is 2.66. The summed E-state index contributed by atoms with van der Waals surface area (Å²) >= 11 is 1.38. The van der Waals surface area contributed by atoms with Crippen LogP contribution in [0, 0.1) is 0 Å². The molecule has 0 saturated carbocycles. The second-order valence-corrected chi connectivity index (χ2v) is 7.56. The fraction of sp³-hybridized carbons (Fsp3) is 0.350. The second kappa shape index (κ2) is 9.45. The molecule has 8 heteroatoms. The zero-order valence-electron chi connectivity index (χ0n) is 16.2. The quantitative estimate of drug-likeness (QED) is 0.553. The van der Waals surface area contributed by atoms with Crippen LogP contribution in [-0.2, 0) is 11.3 Å². The number of carbonyl (C=O) groups excluding carboxylic acids is 1. The highest BCUT2D eigenvalue weighted by Gasteiger charge is 2.21. The van der Waals surface area contributed by atoms with Gasteiger partial charge in [0, 0.05) is 12.1 Å². The van der Waals surface area contributed by atoms with Gasteiger partial charge in [0.2, 0.25) is 5.91 Å².